The lowest BCUT2D eigenvalue weighted by Crippen LogP contribution is -2.50. The first-order chi connectivity index (χ1) is 10.1. The third kappa shape index (κ3) is 3.16. The van der Waals surface area contributed by atoms with E-state index < -0.39 is 6.10 Å². The van der Waals surface area contributed by atoms with Gasteiger partial charge in [-0.1, -0.05) is 0 Å². The van der Waals surface area contributed by atoms with Crippen molar-refractivity contribution >= 4 is 5.78 Å². The van der Waals surface area contributed by atoms with Gasteiger partial charge in [0.2, 0.25) is 0 Å². The fourth-order valence-electron chi connectivity index (χ4n) is 4.26. The summed E-state index contributed by atoms with van der Waals surface area (Å²) >= 11 is 0. The Bertz CT molecular complexity index is 385. The highest BCUT2D eigenvalue weighted by Crippen LogP contribution is 2.39. The molecule has 1 saturated heterocycles. The van der Waals surface area contributed by atoms with Gasteiger partial charge in [-0.2, -0.15) is 0 Å². The van der Waals surface area contributed by atoms with Crippen molar-refractivity contribution in [3.05, 3.63) is 0 Å². The molecule has 3 fully saturated rings. The monoisotopic (exact) mass is 298 g/mol. The smallest absolute Gasteiger partial charge is 0.141 e. The van der Waals surface area contributed by atoms with Gasteiger partial charge in [-0.15, -0.1) is 0 Å². The molecule has 0 radical (unpaired) electrons. The van der Waals surface area contributed by atoms with Gasteiger partial charge in [0, 0.05) is 25.9 Å². The first kappa shape index (κ1) is 15.4. The molecule has 3 rings (SSSR count). The SMILES string of the molecule is COC1CC(C2CC(=O)C3CCC(O)CC3O2)CCC1O. The summed E-state index contributed by atoms with van der Waals surface area (Å²) in [6, 6.07) is 0. The molecule has 21 heavy (non-hydrogen) atoms. The van der Waals surface area contributed by atoms with Gasteiger partial charge in [-0.3, -0.25) is 4.79 Å². The van der Waals surface area contributed by atoms with E-state index in [1.54, 1.807) is 7.11 Å². The molecular weight excluding hydrogens is 272 g/mol. The minimum Gasteiger partial charge on any atom is -0.393 e. The highest BCUT2D eigenvalue weighted by molar-refractivity contribution is 5.82. The average molecular weight is 298 g/mol. The first-order valence-corrected chi connectivity index (χ1v) is 8.15. The van der Waals surface area contributed by atoms with Crippen LogP contribution in [0.15, 0.2) is 0 Å². The highest BCUT2D eigenvalue weighted by atomic mass is 16.5. The average Bonchev–Trinajstić information content (AvgIpc) is 2.47. The number of carbonyl (C=O) groups excluding carboxylic acids is 1. The molecule has 5 heteroatoms. The molecule has 7 unspecified atom stereocenters. The van der Waals surface area contributed by atoms with Crippen LogP contribution < -0.4 is 0 Å². The first-order valence-electron chi connectivity index (χ1n) is 8.15. The Labute approximate surface area is 125 Å². The number of ether oxygens (including phenoxy) is 2. The fourth-order valence-corrected chi connectivity index (χ4v) is 4.26. The van der Waals surface area contributed by atoms with Crippen molar-refractivity contribution in [3.63, 3.8) is 0 Å². The molecule has 2 aliphatic carbocycles. The van der Waals surface area contributed by atoms with Crippen LogP contribution in [0.25, 0.3) is 0 Å². The molecule has 0 bridgehead atoms. The Morgan fingerprint density at radius 2 is 1.90 bits per heavy atom. The molecule has 2 N–H and O–H groups in total. The van der Waals surface area contributed by atoms with Gasteiger partial charge < -0.3 is 19.7 Å². The van der Waals surface area contributed by atoms with Crippen LogP contribution in [-0.2, 0) is 14.3 Å². The van der Waals surface area contributed by atoms with E-state index in [0.717, 1.165) is 19.3 Å². The van der Waals surface area contributed by atoms with Gasteiger partial charge in [-0.05, 0) is 38.0 Å². The van der Waals surface area contributed by atoms with Crippen LogP contribution in [0.5, 0.6) is 0 Å². The van der Waals surface area contributed by atoms with E-state index in [1.165, 1.54) is 0 Å². The zero-order valence-electron chi connectivity index (χ0n) is 12.6. The summed E-state index contributed by atoms with van der Waals surface area (Å²) in [6.07, 6.45) is 3.75. The van der Waals surface area contributed by atoms with Gasteiger partial charge in [0.15, 0.2) is 0 Å². The Morgan fingerprint density at radius 3 is 2.67 bits per heavy atom. The second-order valence-corrected chi connectivity index (χ2v) is 6.87. The Balaban J connectivity index is 1.65. The van der Waals surface area contributed by atoms with Crippen molar-refractivity contribution in [1.82, 2.24) is 0 Å². The van der Waals surface area contributed by atoms with E-state index in [4.69, 9.17) is 9.47 Å². The van der Waals surface area contributed by atoms with Crippen molar-refractivity contribution in [2.24, 2.45) is 11.8 Å². The molecular formula is C16H26O5. The summed E-state index contributed by atoms with van der Waals surface area (Å²) < 4.78 is 11.5. The minimum atomic E-state index is -0.408. The van der Waals surface area contributed by atoms with Crippen LogP contribution in [0.3, 0.4) is 0 Å². The number of fused-ring (bicyclic) bond motifs is 1. The van der Waals surface area contributed by atoms with Gasteiger partial charge in [0.1, 0.15) is 5.78 Å². The number of hydrogen-bond donors (Lipinski definition) is 2. The predicted molar refractivity (Wildman–Crippen MR) is 75.8 cm³/mol. The topological polar surface area (TPSA) is 76.0 Å². The molecule has 0 aromatic rings. The van der Waals surface area contributed by atoms with Crippen molar-refractivity contribution < 1.29 is 24.5 Å². The summed E-state index contributed by atoms with van der Waals surface area (Å²) in [5, 5.41) is 19.7. The number of ketones is 1. The largest absolute Gasteiger partial charge is 0.393 e. The number of aliphatic hydroxyl groups excluding tert-OH is 2. The number of carbonyl (C=O) groups is 1. The number of Topliss-reactive ketones (excluding diaryl/α,β-unsaturated/α-hetero) is 1. The van der Waals surface area contributed by atoms with E-state index in [-0.39, 0.29) is 36.3 Å². The number of hydrogen-bond acceptors (Lipinski definition) is 5. The third-order valence-corrected chi connectivity index (χ3v) is 5.56. The standard InChI is InChI=1S/C16H26O5/c1-20-16-6-9(2-5-12(16)18)14-8-13(19)11-4-3-10(17)7-15(11)21-14/h9-12,14-18H,2-8H2,1H3. The molecule has 0 aromatic carbocycles. The molecule has 1 heterocycles. The quantitative estimate of drug-likeness (QED) is 0.797. The van der Waals surface area contributed by atoms with Gasteiger partial charge in [-0.25, -0.2) is 0 Å². The maximum atomic E-state index is 12.4. The van der Waals surface area contributed by atoms with Crippen molar-refractivity contribution in [1.29, 1.82) is 0 Å². The molecule has 0 amide bonds. The number of methoxy groups -OCH3 is 1. The van der Waals surface area contributed by atoms with E-state index in [2.05, 4.69) is 0 Å². The van der Waals surface area contributed by atoms with E-state index in [0.29, 0.717) is 31.5 Å². The normalized spacial score (nSPS) is 48.0. The minimum absolute atomic E-state index is 0.0166. The molecule has 0 spiro atoms. The Kier molecular flexibility index (Phi) is 4.64. The number of rotatable bonds is 2. The molecule has 120 valence electrons. The van der Waals surface area contributed by atoms with Crippen molar-refractivity contribution in [2.45, 2.75) is 75.5 Å². The fraction of sp³-hybridized carbons (Fsp3) is 0.938. The summed E-state index contributed by atoms with van der Waals surface area (Å²) in [4.78, 5) is 12.4. The van der Waals surface area contributed by atoms with Crippen LogP contribution in [0.1, 0.15) is 44.9 Å². The van der Waals surface area contributed by atoms with E-state index >= 15 is 0 Å². The summed E-state index contributed by atoms with van der Waals surface area (Å²) in [5.74, 6) is 0.544. The van der Waals surface area contributed by atoms with Gasteiger partial charge in [0.25, 0.3) is 0 Å². The zero-order chi connectivity index (χ0) is 15.0. The predicted octanol–water partition coefficient (Wildman–Crippen LogP) is 1.05. The molecule has 3 aliphatic rings. The second-order valence-electron chi connectivity index (χ2n) is 6.87. The Hall–Kier alpha value is -0.490. The lowest BCUT2D eigenvalue weighted by molar-refractivity contribution is -0.169. The summed E-state index contributed by atoms with van der Waals surface area (Å²) in [6.45, 7) is 0. The molecule has 7 atom stereocenters. The molecule has 5 nitrogen and oxygen atoms in total. The summed E-state index contributed by atoms with van der Waals surface area (Å²) in [7, 11) is 1.62. The zero-order valence-corrected chi connectivity index (χ0v) is 12.6. The maximum absolute atomic E-state index is 12.4. The lowest BCUT2D eigenvalue weighted by Gasteiger charge is -2.44. The van der Waals surface area contributed by atoms with Gasteiger partial charge in [0.05, 0.1) is 30.5 Å². The van der Waals surface area contributed by atoms with E-state index in [1.807, 2.05) is 0 Å². The maximum Gasteiger partial charge on any atom is 0.141 e. The van der Waals surface area contributed by atoms with Crippen LogP contribution in [0, 0.1) is 11.8 Å². The van der Waals surface area contributed by atoms with Crippen LogP contribution in [0.2, 0.25) is 0 Å². The molecule has 1 aliphatic heterocycles. The highest BCUT2D eigenvalue weighted by Gasteiger charge is 2.44. The van der Waals surface area contributed by atoms with Crippen molar-refractivity contribution in [2.75, 3.05) is 7.11 Å². The van der Waals surface area contributed by atoms with Gasteiger partial charge >= 0.3 is 0 Å². The van der Waals surface area contributed by atoms with Crippen LogP contribution in [0.4, 0.5) is 0 Å². The van der Waals surface area contributed by atoms with Crippen LogP contribution >= 0.6 is 0 Å². The molecule has 0 aromatic heterocycles. The number of aliphatic hydroxyl groups is 2. The Morgan fingerprint density at radius 1 is 1.10 bits per heavy atom. The van der Waals surface area contributed by atoms with E-state index in [9.17, 15) is 15.0 Å². The third-order valence-electron chi connectivity index (χ3n) is 5.56. The van der Waals surface area contributed by atoms with Crippen LogP contribution in [-0.4, -0.2) is 53.6 Å². The lowest BCUT2D eigenvalue weighted by atomic mass is 9.74. The second kappa shape index (κ2) is 6.32. The van der Waals surface area contributed by atoms with Crippen molar-refractivity contribution in [3.8, 4) is 0 Å². The molecule has 2 saturated carbocycles. The summed E-state index contributed by atoms with van der Waals surface area (Å²) in [5.41, 5.74) is 0.